The van der Waals surface area contributed by atoms with Gasteiger partial charge in [-0.15, -0.1) is 0 Å². The van der Waals surface area contributed by atoms with Gasteiger partial charge in [-0.25, -0.2) is 0 Å². The summed E-state index contributed by atoms with van der Waals surface area (Å²) < 4.78 is 4.84. The number of nitrogens with two attached hydrogens (primary N) is 1. The van der Waals surface area contributed by atoms with Crippen LogP contribution in [-0.4, -0.2) is 6.23 Å². The second-order valence-corrected chi connectivity index (χ2v) is 2.01. The molecule has 8 heavy (non-hydrogen) atoms. The van der Waals surface area contributed by atoms with Crippen LogP contribution in [0.3, 0.4) is 0 Å². The Hall–Kier alpha value is -0.500. The quantitative estimate of drug-likeness (QED) is 0.441. The molecule has 0 saturated carbocycles. The van der Waals surface area contributed by atoms with E-state index in [1.807, 2.05) is 13.8 Å². The molecule has 0 bridgehead atoms. The van der Waals surface area contributed by atoms with Gasteiger partial charge in [-0.2, -0.15) is 0 Å². The third kappa shape index (κ3) is 2.64. The molecular formula is C6H13NO. The van der Waals surface area contributed by atoms with Gasteiger partial charge in [0.25, 0.3) is 0 Å². The van der Waals surface area contributed by atoms with E-state index in [0.717, 1.165) is 0 Å². The Morgan fingerprint density at radius 1 is 1.62 bits per heavy atom. The van der Waals surface area contributed by atoms with Crippen molar-refractivity contribution in [2.45, 2.75) is 20.1 Å². The highest BCUT2D eigenvalue weighted by atomic mass is 16.5. The Kier molecular flexibility index (Phi) is 3.28. The minimum atomic E-state index is -0.201. The molecule has 48 valence electrons. The molecule has 1 unspecified atom stereocenters. The number of rotatable bonds is 3. The molecule has 2 N–H and O–H groups in total. The van der Waals surface area contributed by atoms with Gasteiger partial charge in [0, 0.05) is 5.92 Å². The van der Waals surface area contributed by atoms with Crippen LogP contribution in [0.25, 0.3) is 0 Å². The average molecular weight is 115 g/mol. The summed E-state index contributed by atoms with van der Waals surface area (Å²) in [5.41, 5.74) is 5.43. The fourth-order valence-electron chi connectivity index (χ4n) is 0.268. The fraction of sp³-hybridized carbons (Fsp3) is 0.667. The maximum absolute atomic E-state index is 5.43. The lowest BCUT2D eigenvalue weighted by molar-refractivity contribution is 0.108. The first-order valence-corrected chi connectivity index (χ1v) is 2.70. The molecule has 0 fully saturated rings. The molecule has 1 atom stereocenters. The van der Waals surface area contributed by atoms with Gasteiger partial charge in [-0.05, 0) is 0 Å². The Morgan fingerprint density at radius 2 is 2.12 bits per heavy atom. The van der Waals surface area contributed by atoms with Crippen LogP contribution in [0.15, 0.2) is 12.8 Å². The highest BCUT2D eigenvalue weighted by Gasteiger charge is 2.03. The zero-order chi connectivity index (χ0) is 6.57. The van der Waals surface area contributed by atoms with E-state index in [-0.39, 0.29) is 6.23 Å². The van der Waals surface area contributed by atoms with E-state index in [0.29, 0.717) is 5.92 Å². The normalized spacial score (nSPS) is 13.5. The predicted octanol–water partition coefficient (Wildman–Crippen LogP) is 1.09. The van der Waals surface area contributed by atoms with Crippen LogP contribution < -0.4 is 5.73 Å². The van der Waals surface area contributed by atoms with Crippen molar-refractivity contribution < 1.29 is 4.74 Å². The van der Waals surface area contributed by atoms with Gasteiger partial charge in [0.15, 0.2) is 0 Å². The van der Waals surface area contributed by atoms with Crippen LogP contribution in [0.4, 0.5) is 0 Å². The monoisotopic (exact) mass is 115 g/mol. The van der Waals surface area contributed by atoms with Crippen LogP contribution in [0, 0.1) is 5.92 Å². The fourth-order valence-corrected chi connectivity index (χ4v) is 0.268. The SMILES string of the molecule is C=COC(N)C(C)C. The van der Waals surface area contributed by atoms with Crippen LogP contribution >= 0.6 is 0 Å². The molecule has 0 spiro atoms. The largest absolute Gasteiger partial charge is 0.484 e. The van der Waals surface area contributed by atoms with Gasteiger partial charge in [-0.1, -0.05) is 20.4 Å². The summed E-state index contributed by atoms with van der Waals surface area (Å²) in [6, 6.07) is 0. The van der Waals surface area contributed by atoms with Gasteiger partial charge in [0.2, 0.25) is 0 Å². The van der Waals surface area contributed by atoms with Crippen molar-refractivity contribution >= 4 is 0 Å². The van der Waals surface area contributed by atoms with E-state index in [1.54, 1.807) is 0 Å². The summed E-state index contributed by atoms with van der Waals surface area (Å²) in [4.78, 5) is 0. The third-order valence-corrected chi connectivity index (χ3v) is 0.910. The standard InChI is InChI=1S/C6H13NO/c1-4-8-6(7)5(2)3/h4-6H,1,7H2,2-3H3. The van der Waals surface area contributed by atoms with E-state index in [1.165, 1.54) is 6.26 Å². The molecule has 2 heteroatoms. The lowest BCUT2D eigenvalue weighted by Gasteiger charge is -2.13. The second-order valence-electron chi connectivity index (χ2n) is 2.01. The van der Waals surface area contributed by atoms with Gasteiger partial charge in [0.05, 0.1) is 6.26 Å². The minimum absolute atomic E-state index is 0.201. The van der Waals surface area contributed by atoms with Gasteiger partial charge < -0.3 is 4.74 Å². The molecule has 0 aromatic rings. The van der Waals surface area contributed by atoms with E-state index in [4.69, 9.17) is 10.5 Å². The summed E-state index contributed by atoms with van der Waals surface area (Å²) in [5.74, 6) is 0.355. The van der Waals surface area contributed by atoms with Crippen LogP contribution in [0.5, 0.6) is 0 Å². The second kappa shape index (κ2) is 3.50. The van der Waals surface area contributed by atoms with Gasteiger partial charge in [-0.3, -0.25) is 5.73 Å². The summed E-state index contributed by atoms with van der Waals surface area (Å²) in [6.07, 6.45) is 1.16. The Bertz CT molecular complexity index is 70.9. The van der Waals surface area contributed by atoms with Crippen molar-refractivity contribution in [2.75, 3.05) is 0 Å². The first kappa shape index (κ1) is 7.50. The molecule has 0 aliphatic rings. The lowest BCUT2D eigenvalue weighted by Crippen LogP contribution is -2.27. The first-order valence-electron chi connectivity index (χ1n) is 2.70. The lowest BCUT2D eigenvalue weighted by atomic mass is 10.2. The molecule has 0 aliphatic heterocycles. The molecule has 0 aromatic heterocycles. The smallest absolute Gasteiger partial charge is 0.149 e. The van der Waals surface area contributed by atoms with Crippen LogP contribution in [0.2, 0.25) is 0 Å². The van der Waals surface area contributed by atoms with Crippen molar-refractivity contribution in [2.24, 2.45) is 11.7 Å². The highest BCUT2D eigenvalue weighted by Crippen LogP contribution is 1.98. The summed E-state index contributed by atoms with van der Waals surface area (Å²) in [5, 5.41) is 0. The molecule has 2 nitrogen and oxygen atoms in total. The van der Waals surface area contributed by atoms with Gasteiger partial charge >= 0.3 is 0 Å². The van der Waals surface area contributed by atoms with Crippen molar-refractivity contribution in [3.63, 3.8) is 0 Å². The summed E-state index contributed by atoms with van der Waals surface area (Å²) in [6.45, 7) is 7.37. The number of ether oxygens (including phenoxy) is 1. The van der Waals surface area contributed by atoms with Crippen LogP contribution in [0.1, 0.15) is 13.8 Å². The molecule has 0 aliphatic carbocycles. The predicted molar refractivity (Wildman–Crippen MR) is 34.1 cm³/mol. The molecular weight excluding hydrogens is 102 g/mol. The van der Waals surface area contributed by atoms with E-state index < -0.39 is 0 Å². The number of hydrogen-bond donors (Lipinski definition) is 1. The van der Waals surface area contributed by atoms with Crippen molar-refractivity contribution in [1.29, 1.82) is 0 Å². The van der Waals surface area contributed by atoms with E-state index in [9.17, 15) is 0 Å². The van der Waals surface area contributed by atoms with E-state index in [2.05, 4.69) is 6.58 Å². The highest BCUT2D eigenvalue weighted by molar-refractivity contribution is 4.58. The maximum atomic E-state index is 5.43. The third-order valence-electron chi connectivity index (χ3n) is 0.910. The Labute approximate surface area is 50.3 Å². The van der Waals surface area contributed by atoms with Crippen molar-refractivity contribution in [1.82, 2.24) is 0 Å². The molecule has 0 heterocycles. The van der Waals surface area contributed by atoms with Crippen molar-refractivity contribution in [3.8, 4) is 0 Å². The topological polar surface area (TPSA) is 35.2 Å². The molecule has 0 radical (unpaired) electrons. The minimum Gasteiger partial charge on any atom is -0.484 e. The molecule has 0 aromatic carbocycles. The van der Waals surface area contributed by atoms with Crippen molar-refractivity contribution in [3.05, 3.63) is 12.8 Å². The summed E-state index contributed by atoms with van der Waals surface area (Å²) in [7, 11) is 0. The maximum Gasteiger partial charge on any atom is 0.149 e. The number of hydrogen-bond acceptors (Lipinski definition) is 2. The zero-order valence-electron chi connectivity index (χ0n) is 5.42. The van der Waals surface area contributed by atoms with Gasteiger partial charge in [0.1, 0.15) is 6.23 Å². The Morgan fingerprint density at radius 3 is 2.25 bits per heavy atom. The first-order chi connectivity index (χ1) is 3.68. The molecule has 0 saturated heterocycles. The molecule has 0 rings (SSSR count). The van der Waals surface area contributed by atoms with Crippen LogP contribution in [-0.2, 0) is 4.74 Å². The average Bonchev–Trinajstić information content (AvgIpc) is 1.67. The zero-order valence-corrected chi connectivity index (χ0v) is 5.42. The Balaban J connectivity index is 3.30. The van der Waals surface area contributed by atoms with E-state index >= 15 is 0 Å². The summed E-state index contributed by atoms with van der Waals surface area (Å²) >= 11 is 0. The molecule has 0 amide bonds.